The molecule has 3 N–H and O–H groups in total. The quantitative estimate of drug-likeness (QED) is 0.754. The van der Waals surface area contributed by atoms with Crippen molar-refractivity contribution in [2.45, 2.75) is 6.42 Å². The van der Waals surface area contributed by atoms with Gasteiger partial charge in [-0.1, -0.05) is 12.2 Å². The van der Waals surface area contributed by atoms with Gasteiger partial charge >= 0.3 is 11.9 Å². The van der Waals surface area contributed by atoms with Crippen molar-refractivity contribution in [1.82, 2.24) is 4.98 Å². The second kappa shape index (κ2) is 5.64. The van der Waals surface area contributed by atoms with E-state index in [1.807, 2.05) is 0 Å². The van der Waals surface area contributed by atoms with E-state index >= 15 is 0 Å². The fourth-order valence-corrected chi connectivity index (χ4v) is 1.11. The standard InChI is InChI=1S/C11H12N2O4/c1-17-9(14)4-2-3-7-5-8(11(15)16)6-13-10(7)12/h2-3,5-6H,4H2,1H3,(H2,12,13)(H,15,16). The molecule has 6 nitrogen and oxygen atoms in total. The maximum atomic E-state index is 10.8. The molecular formula is C11H12N2O4. The lowest BCUT2D eigenvalue weighted by molar-refractivity contribution is -0.139. The topological polar surface area (TPSA) is 103 Å². The predicted octanol–water partition coefficient (Wildman–Crippen LogP) is 0.938. The first kappa shape index (κ1) is 12.7. The minimum Gasteiger partial charge on any atom is -0.478 e. The molecule has 1 aromatic rings. The summed E-state index contributed by atoms with van der Waals surface area (Å²) in [6.07, 6.45) is 4.33. The van der Waals surface area contributed by atoms with Gasteiger partial charge < -0.3 is 15.6 Å². The summed E-state index contributed by atoms with van der Waals surface area (Å²) >= 11 is 0. The highest BCUT2D eigenvalue weighted by Crippen LogP contribution is 2.13. The molecule has 0 aliphatic heterocycles. The predicted molar refractivity (Wildman–Crippen MR) is 61.3 cm³/mol. The van der Waals surface area contributed by atoms with Crippen LogP contribution in [-0.2, 0) is 9.53 Å². The molecule has 1 aromatic heterocycles. The second-order valence-corrected chi connectivity index (χ2v) is 3.19. The molecule has 0 fully saturated rings. The average Bonchev–Trinajstić information content (AvgIpc) is 2.30. The van der Waals surface area contributed by atoms with Crippen molar-refractivity contribution < 1.29 is 19.4 Å². The highest BCUT2D eigenvalue weighted by Gasteiger charge is 2.06. The van der Waals surface area contributed by atoms with E-state index < -0.39 is 5.97 Å². The Labute approximate surface area is 97.7 Å². The minimum absolute atomic E-state index is 0.0388. The number of nitrogen functional groups attached to an aromatic ring is 1. The van der Waals surface area contributed by atoms with Crippen LogP contribution in [0, 0.1) is 0 Å². The SMILES string of the molecule is COC(=O)CC=Cc1cc(C(=O)O)cnc1N. The number of nitrogens with two attached hydrogens (primary N) is 1. The number of carbonyl (C=O) groups excluding carboxylic acids is 1. The van der Waals surface area contributed by atoms with E-state index in [1.54, 1.807) is 0 Å². The van der Waals surface area contributed by atoms with E-state index in [2.05, 4.69) is 9.72 Å². The van der Waals surface area contributed by atoms with Gasteiger partial charge in [-0.05, 0) is 6.07 Å². The van der Waals surface area contributed by atoms with Gasteiger partial charge in [0.05, 0.1) is 19.1 Å². The van der Waals surface area contributed by atoms with E-state index in [-0.39, 0.29) is 23.8 Å². The summed E-state index contributed by atoms with van der Waals surface area (Å²) < 4.78 is 4.45. The Morgan fingerprint density at radius 2 is 2.29 bits per heavy atom. The summed E-state index contributed by atoms with van der Waals surface area (Å²) in [6, 6.07) is 1.39. The third kappa shape index (κ3) is 3.60. The number of pyridine rings is 1. The summed E-state index contributed by atoms with van der Waals surface area (Å²) in [6.45, 7) is 0. The third-order valence-electron chi connectivity index (χ3n) is 2.01. The minimum atomic E-state index is -1.08. The van der Waals surface area contributed by atoms with Crippen LogP contribution in [0.25, 0.3) is 6.08 Å². The summed E-state index contributed by atoms with van der Waals surface area (Å²) in [5.74, 6) is -1.27. The van der Waals surface area contributed by atoms with Gasteiger partial charge in [-0.3, -0.25) is 4.79 Å². The van der Waals surface area contributed by atoms with Gasteiger partial charge in [-0.15, -0.1) is 0 Å². The molecule has 6 heteroatoms. The van der Waals surface area contributed by atoms with Crippen molar-refractivity contribution in [2.24, 2.45) is 0 Å². The van der Waals surface area contributed by atoms with E-state index in [4.69, 9.17) is 10.8 Å². The van der Waals surface area contributed by atoms with Crippen LogP contribution < -0.4 is 5.73 Å². The van der Waals surface area contributed by atoms with Gasteiger partial charge in [0.1, 0.15) is 5.82 Å². The van der Waals surface area contributed by atoms with E-state index in [0.29, 0.717) is 5.56 Å². The number of hydrogen-bond donors (Lipinski definition) is 2. The number of carboxylic acids is 1. The Balaban J connectivity index is 2.86. The van der Waals surface area contributed by atoms with Crippen molar-refractivity contribution >= 4 is 23.8 Å². The van der Waals surface area contributed by atoms with Crippen molar-refractivity contribution in [2.75, 3.05) is 12.8 Å². The van der Waals surface area contributed by atoms with Gasteiger partial charge in [0, 0.05) is 11.8 Å². The van der Waals surface area contributed by atoms with Crippen LogP contribution in [0.3, 0.4) is 0 Å². The lowest BCUT2D eigenvalue weighted by Crippen LogP contribution is -2.01. The van der Waals surface area contributed by atoms with Crippen LogP contribution >= 0.6 is 0 Å². The smallest absolute Gasteiger partial charge is 0.337 e. The molecule has 90 valence electrons. The number of nitrogens with zero attached hydrogens (tertiary/aromatic N) is 1. The van der Waals surface area contributed by atoms with Crippen LogP contribution in [0.5, 0.6) is 0 Å². The molecule has 0 saturated carbocycles. The largest absolute Gasteiger partial charge is 0.478 e. The number of esters is 1. The highest BCUT2D eigenvalue weighted by molar-refractivity contribution is 5.88. The summed E-state index contributed by atoms with van der Waals surface area (Å²) in [7, 11) is 1.29. The number of aromatic nitrogens is 1. The van der Waals surface area contributed by atoms with E-state index in [0.717, 1.165) is 0 Å². The molecule has 0 spiro atoms. The van der Waals surface area contributed by atoms with Gasteiger partial charge in [-0.2, -0.15) is 0 Å². The molecule has 0 unspecified atom stereocenters. The first-order chi connectivity index (χ1) is 8.04. The fraction of sp³-hybridized carbons (Fsp3) is 0.182. The Bertz CT molecular complexity index is 469. The Hall–Kier alpha value is -2.37. The van der Waals surface area contributed by atoms with Gasteiger partial charge in [0.25, 0.3) is 0 Å². The first-order valence-corrected chi connectivity index (χ1v) is 4.76. The molecule has 0 radical (unpaired) electrons. The Morgan fingerprint density at radius 3 is 2.88 bits per heavy atom. The number of rotatable bonds is 4. The van der Waals surface area contributed by atoms with Gasteiger partial charge in [0.2, 0.25) is 0 Å². The fourth-order valence-electron chi connectivity index (χ4n) is 1.11. The van der Waals surface area contributed by atoms with Crippen LogP contribution in [0.2, 0.25) is 0 Å². The number of aromatic carboxylic acids is 1. The zero-order chi connectivity index (χ0) is 12.8. The Kier molecular flexibility index (Phi) is 4.21. The van der Waals surface area contributed by atoms with E-state index in [9.17, 15) is 9.59 Å². The molecule has 0 aliphatic rings. The van der Waals surface area contributed by atoms with Crippen LogP contribution in [0.15, 0.2) is 18.3 Å². The zero-order valence-electron chi connectivity index (χ0n) is 9.21. The van der Waals surface area contributed by atoms with Crippen molar-refractivity contribution in [3.8, 4) is 0 Å². The number of ether oxygens (including phenoxy) is 1. The molecular weight excluding hydrogens is 224 g/mol. The molecule has 0 aromatic carbocycles. The molecule has 0 bridgehead atoms. The molecule has 0 saturated heterocycles. The maximum absolute atomic E-state index is 10.8. The highest BCUT2D eigenvalue weighted by atomic mass is 16.5. The first-order valence-electron chi connectivity index (χ1n) is 4.76. The summed E-state index contributed by atoms with van der Waals surface area (Å²) in [5.41, 5.74) is 6.06. The summed E-state index contributed by atoms with van der Waals surface area (Å²) in [5, 5.41) is 8.77. The number of methoxy groups -OCH3 is 1. The number of hydrogen-bond acceptors (Lipinski definition) is 5. The number of carbonyl (C=O) groups is 2. The summed E-state index contributed by atoms with van der Waals surface area (Å²) in [4.78, 5) is 25.3. The molecule has 0 atom stereocenters. The van der Waals surface area contributed by atoms with E-state index in [1.165, 1.54) is 31.5 Å². The molecule has 0 amide bonds. The monoisotopic (exact) mass is 236 g/mol. The molecule has 0 aliphatic carbocycles. The van der Waals surface area contributed by atoms with Crippen molar-refractivity contribution in [3.05, 3.63) is 29.5 Å². The van der Waals surface area contributed by atoms with Crippen molar-refractivity contribution in [1.29, 1.82) is 0 Å². The number of carboxylic acid groups (broad SMARTS) is 1. The lowest BCUT2D eigenvalue weighted by atomic mass is 10.1. The average molecular weight is 236 g/mol. The molecule has 1 heterocycles. The Morgan fingerprint density at radius 1 is 1.59 bits per heavy atom. The van der Waals surface area contributed by atoms with Crippen LogP contribution in [0.1, 0.15) is 22.3 Å². The third-order valence-corrected chi connectivity index (χ3v) is 2.01. The van der Waals surface area contributed by atoms with Gasteiger partial charge in [-0.25, -0.2) is 9.78 Å². The lowest BCUT2D eigenvalue weighted by Gasteiger charge is -2.01. The zero-order valence-corrected chi connectivity index (χ0v) is 9.21. The number of anilines is 1. The van der Waals surface area contributed by atoms with Crippen LogP contribution in [-0.4, -0.2) is 29.1 Å². The normalized spacial score (nSPS) is 10.4. The molecule has 1 rings (SSSR count). The van der Waals surface area contributed by atoms with Crippen molar-refractivity contribution in [3.63, 3.8) is 0 Å². The van der Waals surface area contributed by atoms with Crippen LogP contribution in [0.4, 0.5) is 5.82 Å². The second-order valence-electron chi connectivity index (χ2n) is 3.19. The molecule has 17 heavy (non-hydrogen) atoms. The van der Waals surface area contributed by atoms with Gasteiger partial charge in [0.15, 0.2) is 0 Å². The maximum Gasteiger partial charge on any atom is 0.337 e.